The molecule has 2 heterocycles. The highest BCUT2D eigenvalue weighted by atomic mass is 16.7. The van der Waals surface area contributed by atoms with Gasteiger partial charge in [-0.15, -0.1) is 0 Å². The van der Waals surface area contributed by atoms with Gasteiger partial charge in [0.2, 0.25) is 6.79 Å². The molecule has 3 rings (SSSR count). The number of fused-ring (bicyclic) bond motifs is 1. The summed E-state index contributed by atoms with van der Waals surface area (Å²) >= 11 is 0. The Kier molecular flexibility index (Phi) is 5.75. The van der Waals surface area contributed by atoms with E-state index in [0.29, 0.717) is 42.6 Å². The van der Waals surface area contributed by atoms with Gasteiger partial charge in [-0.3, -0.25) is 4.98 Å². The molecule has 8 nitrogen and oxygen atoms in total. The second-order valence-corrected chi connectivity index (χ2v) is 5.61. The largest absolute Gasteiger partial charge is 0.494 e. The third-order valence-electron chi connectivity index (χ3n) is 3.89. The quantitative estimate of drug-likeness (QED) is 0.818. The molecule has 1 aliphatic rings. The summed E-state index contributed by atoms with van der Waals surface area (Å²) < 4.78 is 21.2. The fourth-order valence-corrected chi connectivity index (χ4v) is 2.55. The van der Waals surface area contributed by atoms with E-state index in [1.807, 2.05) is 12.1 Å². The lowest BCUT2D eigenvalue weighted by Gasteiger charge is -2.23. The van der Waals surface area contributed by atoms with E-state index in [9.17, 15) is 4.79 Å². The molecule has 0 unspecified atom stereocenters. The van der Waals surface area contributed by atoms with Gasteiger partial charge >= 0.3 is 6.03 Å². The van der Waals surface area contributed by atoms with E-state index < -0.39 is 0 Å². The molecule has 1 aromatic carbocycles. The van der Waals surface area contributed by atoms with Crippen LogP contribution < -0.4 is 19.5 Å². The molecular weight excluding hydrogens is 338 g/mol. The maximum Gasteiger partial charge on any atom is 0.322 e. The number of nitrogens with zero attached hydrogens (tertiary/aromatic N) is 2. The van der Waals surface area contributed by atoms with E-state index in [1.54, 1.807) is 36.5 Å². The summed E-state index contributed by atoms with van der Waals surface area (Å²) in [6.07, 6.45) is 3.43. The molecule has 0 fully saturated rings. The van der Waals surface area contributed by atoms with Crippen LogP contribution in [0.4, 0.5) is 10.5 Å². The third kappa shape index (κ3) is 4.15. The maximum absolute atomic E-state index is 12.8. The van der Waals surface area contributed by atoms with E-state index in [0.717, 1.165) is 5.56 Å². The molecule has 1 N–H and O–H groups in total. The molecule has 1 aromatic heterocycles. The molecule has 2 amide bonds. The van der Waals surface area contributed by atoms with Crippen molar-refractivity contribution in [1.29, 1.82) is 0 Å². The van der Waals surface area contributed by atoms with Crippen molar-refractivity contribution in [3.63, 3.8) is 0 Å². The number of carbonyl (C=O) groups excluding carboxylic acids is 1. The highest BCUT2D eigenvalue weighted by Crippen LogP contribution is 2.40. The Bertz CT molecular complexity index is 754. The first kappa shape index (κ1) is 17.8. The van der Waals surface area contributed by atoms with Crippen LogP contribution in [0.15, 0.2) is 36.7 Å². The van der Waals surface area contributed by atoms with Gasteiger partial charge in [-0.25, -0.2) is 4.79 Å². The molecule has 2 aromatic rings. The van der Waals surface area contributed by atoms with Gasteiger partial charge in [-0.05, 0) is 11.6 Å². The molecule has 26 heavy (non-hydrogen) atoms. The zero-order valence-corrected chi connectivity index (χ0v) is 14.7. The van der Waals surface area contributed by atoms with Crippen LogP contribution in [0.5, 0.6) is 17.2 Å². The maximum atomic E-state index is 12.8. The number of aromatic nitrogens is 1. The second-order valence-electron chi connectivity index (χ2n) is 5.61. The lowest BCUT2D eigenvalue weighted by atomic mass is 10.2. The van der Waals surface area contributed by atoms with Gasteiger partial charge in [-0.1, -0.05) is 6.07 Å². The van der Waals surface area contributed by atoms with Crippen molar-refractivity contribution in [3.05, 3.63) is 42.2 Å². The van der Waals surface area contributed by atoms with Gasteiger partial charge in [0.25, 0.3) is 0 Å². The van der Waals surface area contributed by atoms with E-state index >= 15 is 0 Å². The van der Waals surface area contributed by atoms with Gasteiger partial charge < -0.3 is 29.2 Å². The van der Waals surface area contributed by atoms with Crippen molar-refractivity contribution in [3.8, 4) is 17.2 Å². The molecule has 8 heteroatoms. The van der Waals surface area contributed by atoms with Crippen LogP contribution in [0.1, 0.15) is 5.56 Å². The van der Waals surface area contributed by atoms with E-state index in [4.69, 9.17) is 18.9 Å². The minimum Gasteiger partial charge on any atom is -0.494 e. The van der Waals surface area contributed by atoms with E-state index in [-0.39, 0.29) is 12.8 Å². The fourth-order valence-electron chi connectivity index (χ4n) is 2.55. The summed E-state index contributed by atoms with van der Waals surface area (Å²) in [6.45, 7) is 1.42. The summed E-state index contributed by atoms with van der Waals surface area (Å²) in [5, 5.41) is 2.87. The van der Waals surface area contributed by atoms with Crippen LogP contribution >= 0.6 is 0 Å². The summed E-state index contributed by atoms with van der Waals surface area (Å²) in [5.41, 5.74) is 1.44. The first-order valence-corrected chi connectivity index (χ1v) is 8.12. The van der Waals surface area contributed by atoms with Crippen LogP contribution in [0, 0.1) is 0 Å². The first-order chi connectivity index (χ1) is 12.7. The molecule has 1 aliphatic heterocycles. The summed E-state index contributed by atoms with van der Waals surface area (Å²) in [7, 11) is 3.13. The van der Waals surface area contributed by atoms with Crippen LogP contribution in [0.2, 0.25) is 0 Å². The lowest BCUT2D eigenvalue weighted by molar-refractivity contribution is 0.152. The van der Waals surface area contributed by atoms with Gasteiger partial charge in [0.15, 0.2) is 11.5 Å². The molecule has 0 aliphatic carbocycles. The molecule has 0 saturated heterocycles. The van der Waals surface area contributed by atoms with Crippen LogP contribution in [0.25, 0.3) is 0 Å². The van der Waals surface area contributed by atoms with Crippen molar-refractivity contribution in [1.82, 2.24) is 9.88 Å². The number of methoxy groups -OCH3 is 2. The Balaban J connectivity index is 1.76. The molecule has 0 atom stereocenters. The van der Waals surface area contributed by atoms with Gasteiger partial charge in [0.05, 0.1) is 19.4 Å². The van der Waals surface area contributed by atoms with Crippen LogP contribution in [-0.2, 0) is 11.3 Å². The van der Waals surface area contributed by atoms with Crippen molar-refractivity contribution in [2.24, 2.45) is 0 Å². The van der Waals surface area contributed by atoms with E-state index in [2.05, 4.69) is 10.3 Å². The number of ether oxygens (including phenoxy) is 4. The lowest BCUT2D eigenvalue weighted by Crippen LogP contribution is -2.37. The molecule has 0 bridgehead atoms. The van der Waals surface area contributed by atoms with Gasteiger partial charge in [0.1, 0.15) is 5.75 Å². The van der Waals surface area contributed by atoms with E-state index in [1.165, 1.54) is 7.11 Å². The van der Waals surface area contributed by atoms with Crippen molar-refractivity contribution in [2.45, 2.75) is 6.54 Å². The molecular formula is C18H21N3O5. The summed E-state index contributed by atoms with van der Waals surface area (Å²) in [6, 6.07) is 6.86. The minimum absolute atomic E-state index is 0.150. The topological polar surface area (TPSA) is 82.2 Å². The number of rotatable bonds is 7. The zero-order valence-electron chi connectivity index (χ0n) is 14.7. The highest BCUT2D eigenvalue weighted by molar-refractivity contribution is 5.91. The first-order valence-electron chi connectivity index (χ1n) is 8.12. The Hall–Kier alpha value is -3.00. The fraction of sp³-hybridized carbons (Fsp3) is 0.333. The molecule has 0 saturated carbocycles. The predicted octanol–water partition coefficient (Wildman–Crippen LogP) is 2.50. The number of benzene rings is 1. The Morgan fingerprint density at radius 1 is 1.31 bits per heavy atom. The number of carbonyl (C=O) groups is 1. The molecule has 0 spiro atoms. The summed E-state index contributed by atoms with van der Waals surface area (Å²) in [4.78, 5) is 18.5. The highest BCUT2D eigenvalue weighted by Gasteiger charge is 2.21. The standard InChI is InChI=1S/C18H21N3O5/c1-23-7-6-21(11-13-4-3-5-19-10-13)18(22)20-14-8-16-17(26-12-25-16)9-15(14)24-2/h3-5,8-10H,6-7,11-12H2,1-2H3,(H,20,22). The number of anilines is 1. The minimum atomic E-state index is -0.275. The molecule has 0 radical (unpaired) electrons. The predicted molar refractivity (Wildman–Crippen MR) is 94.7 cm³/mol. The number of nitrogens with one attached hydrogen (secondary N) is 1. The van der Waals surface area contributed by atoms with Crippen LogP contribution in [0.3, 0.4) is 0 Å². The van der Waals surface area contributed by atoms with Crippen LogP contribution in [-0.4, -0.2) is 50.1 Å². The number of hydrogen-bond donors (Lipinski definition) is 1. The SMILES string of the molecule is COCCN(Cc1cccnc1)C(=O)Nc1cc2c(cc1OC)OCO2. The second kappa shape index (κ2) is 8.39. The van der Waals surface area contributed by atoms with Crippen molar-refractivity contribution >= 4 is 11.7 Å². The average Bonchev–Trinajstić information content (AvgIpc) is 3.12. The number of urea groups is 1. The molecule has 138 valence electrons. The van der Waals surface area contributed by atoms with Crippen molar-refractivity contribution in [2.75, 3.05) is 39.5 Å². The smallest absolute Gasteiger partial charge is 0.322 e. The normalized spacial score (nSPS) is 11.9. The third-order valence-corrected chi connectivity index (χ3v) is 3.89. The van der Waals surface area contributed by atoms with Crippen molar-refractivity contribution < 1.29 is 23.7 Å². The Morgan fingerprint density at radius 2 is 2.12 bits per heavy atom. The monoisotopic (exact) mass is 359 g/mol. The number of pyridine rings is 1. The number of hydrogen-bond acceptors (Lipinski definition) is 6. The Morgan fingerprint density at radius 3 is 2.81 bits per heavy atom. The Labute approximate surface area is 151 Å². The summed E-state index contributed by atoms with van der Waals surface area (Å²) in [5.74, 6) is 1.65. The van der Waals surface area contributed by atoms with Gasteiger partial charge in [0, 0.05) is 44.7 Å². The van der Waals surface area contributed by atoms with Gasteiger partial charge in [-0.2, -0.15) is 0 Å². The zero-order chi connectivity index (χ0) is 18.4. The number of amides is 2. The average molecular weight is 359 g/mol.